The minimum atomic E-state index is 0.0141. The van der Waals surface area contributed by atoms with E-state index in [9.17, 15) is 0 Å². The lowest BCUT2D eigenvalue weighted by Gasteiger charge is -2.12. The second kappa shape index (κ2) is 5.41. The Morgan fingerprint density at radius 3 is 2.84 bits per heavy atom. The van der Waals surface area contributed by atoms with Crippen LogP contribution < -0.4 is 5.73 Å². The van der Waals surface area contributed by atoms with E-state index in [1.54, 1.807) is 11.3 Å². The highest BCUT2D eigenvalue weighted by molar-refractivity contribution is 9.10. The molecule has 0 spiro atoms. The summed E-state index contributed by atoms with van der Waals surface area (Å²) in [4.78, 5) is 5.58. The molecular weight excluding hydrogens is 320 g/mol. The first-order valence-electron chi connectivity index (χ1n) is 6.07. The van der Waals surface area contributed by atoms with E-state index in [0.717, 1.165) is 16.4 Å². The molecule has 0 saturated carbocycles. The summed E-state index contributed by atoms with van der Waals surface area (Å²) in [6, 6.07) is 12.3. The van der Waals surface area contributed by atoms with Crippen molar-refractivity contribution in [2.24, 2.45) is 5.73 Å². The predicted octanol–water partition coefficient (Wildman–Crippen LogP) is 4.30. The van der Waals surface area contributed by atoms with E-state index in [-0.39, 0.29) is 6.04 Å². The van der Waals surface area contributed by atoms with E-state index >= 15 is 0 Å². The third kappa shape index (κ3) is 2.56. The van der Waals surface area contributed by atoms with Crippen LogP contribution in [0.25, 0.3) is 10.9 Å². The molecule has 0 fully saturated rings. The third-order valence-corrected chi connectivity index (χ3v) is 5.16. The molecule has 4 heteroatoms. The van der Waals surface area contributed by atoms with E-state index in [4.69, 9.17) is 5.73 Å². The summed E-state index contributed by atoms with van der Waals surface area (Å²) in [5, 5.41) is 3.25. The summed E-state index contributed by atoms with van der Waals surface area (Å²) in [5.41, 5.74) is 8.60. The minimum Gasteiger partial charge on any atom is -0.323 e. The van der Waals surface area contributed by atoms with Crippen LogP contribution in [0.2, 0.25) is 0 Å². The molecule has 0 aliphatic rings. The molecule has 0 amide bonds. The number of halogens is 1. The fraction of sp³-hybridized carbons (Fsp3) is 0.133. The number of aromatic nitrogens is 1. The van der Waals surface area contributed by atoms with Crippen molar-refractivity contribution in [1.82, 2.24) is 4.98 Å². The second-order valence-corrected chi connectivity index (χ2v) is 6.23. The van der Waals surface area contributed by atoms with Crippen molar-refractivity contribution in [3.63, 3.8) is 0 Å². The Balaban J connectivity index is 1.96. The molecule has 0 aliphatic heterocycles. The first-order valence-corrected chi connectivity index (χ1v) is 7.74. The van der Waals surface area contributed by atoms with E-state index in [1.807, 2.05) is 30.5 Å². The lowest BCUT2D eigenvalue weighted by atomic mass is 10.0. The SMILES string of the molecule is NC(Cc1ccnc2ccccc12)c1sccc1Br. The molecule has 0 radical (unpaired) electrons. The molecule has 2 N–H and O–H groups in total. The maximum absolute atomic E-state index is 6.32. The Labute approximate surface area is 124 Å². The van der Waals surface area contributed by atoms with Crippen LogP contribution in [-0.4, -0.2) is 4.98 Å². The molecule has 1 unspecified atom stereocenters. The van der Waals surface area contributed by atoms with Crippen molar-refractivity contribution in [2.45, 2.75) is 12.5 Å². The molecule has 19 heavy (non-hydrogen) atoms. The van der Waals surface area contributed by atoms with Crippen LogP contribution in [0.5, 0.6) is 0 Å². The number of hydrogen-bond acceptors (Lipinski definition) is 3. The monoisotopic (exact) mass is 332 g/mol. The van der Waals surface area contributed by atoms with Crippen LogP contribution in [0.1, 0.15) is 16.5 Å². The van der Waals surface area contributed by atoms with Gasteiger partial charge in [-0.1, -0.05) is 18.2 Å². The third-order valence-electron chi connectivity index (χ3n) is 3.16. The topological polar surface area (TPSA) is 38.9 Å². The maximum Gasteiger partial charge on any atom is 0.0704 e. The Morgan fingerprint density at radius 2 is 2.05 bits per heavy atom. The van der Waals surface area contributed by atoms with Crippen molar-refractivity contribution < 1.29 is 0 Å². The van der Waals surface area contributed by atoms with Gasteiger partial charge in [0.1, 0.15) is 0 Å². The zero-order chi connectivity index (χ0) is 13.2. The van der Waals surface area contributed by atoms with Gasteiger partial charge < -0.3 is 5.73 Å². The molecule has 2 heterocycles. The van der Waals surface area contributed by atoms with Gasteiger partial charge in [0, 0.05) is 27.0 Å². The molecule has 0 bridgehead atoms. The Hall–Kier alpha value is -1.23. The molecule has 0 aliphatic carbocycles. The predicted molar refractivity (Wildman–Crippen MR) is 84.4 cm³/mol. The van der Waals surface area contributed by atoms with Crippen LogP contribution in [0.15, 0.2) is 52.4 Å². The van der Waals surface area contributed by atoms with Crippen molar-refractivity contribution in [3.8, 4) is 0 Å². The lowest BCUT2D eigenvalue weighted by Crippen LogP contribution is -2.12. The largest absolute Gasteiger partial charge is 0.323 e. The molecular formula is C15H13BrN2S. The summed E-state index contributed by atoms with van der Waals surface area (Å²) in [6.07, 6.45) is 2.68. The number of rotatable bonds is 3. The molecule has 3 rings (SSSR count). The number of nitrogens with zero attached hydrogens (tertiary/aromatic N) is 1. The fourth-order valence-corrected chi connectivity index (χ4v) is 3.90. The van der Waals surface area contributed by atoms with E-state index < -0.39 is 0 Å². The lowest BCUT2D eigenvalue weighted by molar-refractivity contribution is 0.737. The van der Waals surface area contributed by atoms with E-state index in [1.165, 1.54) is 15.8 Å². The number of fused-ring (bicyclic) bond motifs is 1. The summed E-state index contributed by atoms with van der Waals surface area (Å²) < 4.78 is 1.10. The number of para-hydroxylation sites is 1. The average molecular weight is 333 g/mol. The summed E-state index contributed by atoms with van der Waals surface area (Å²) in [5.74, 6) is 0. The summed E-state index contributed by atoms with van der Waals surface area (Å²) in [6.45, 7) is 0. The second-order valence-electron chi connectivity index (χ2n) is 4.43. The van der Waals surface area contributed by atoms with E-state index in [2.05, 4.69) is 38.4 Å². The highest BCUT2D eigenvalue weighted by Gasteiger charge is 2.13. The molecule has 0 saturated heterocycles. The first kappa shape index (κ1) is 12.8. The number of benzene rings is 1. The maximum atomic E-state index is 6.32. The van der Waals surface area contributed by atoms with Gasteiger partial charge in [0.25, 0.3) is 0 Å². The zero-order valence-electron chi connectivity index (χ0n) is 10.2. The van der Waals surface area contributed by atoms with Crippen LogP contribution in [-0.2, 0) is 6.42 Å². The van der Waals surface area contributed by atoms with Gasteiger partial charge in [0.05, 0.1) is 5.52 Å². The van der Waals surface area contributed by atoms with Gasteiger partial charge in [-0.2, -0.15) is 0 Å². The van der Waals surface area contributed by atoms with Gasteiger partial charge in [0.2, 0.25) is 0 Å². The standard InChI is InChI=1S/C15H13BrN2S/c16-12-6-8-19-15(12)13(17)9-10-5-7-18-14-4-2-1-3-11(10)14/h1-8,13H,9,17H2. The van der Waals surface area contributed by atoms with Gasteiger partial charge in [-0.05, 0) is 51.5 Å². The minimum absolute atomic E-state index is 0.0141. The van der Waals surface area contributed by atoms with Gasteiger partial charge >= 0.3 is 0 Å². The molecule has 1 aromatic carbocycles. The quantitative estimate of drug-likeness (QED) is 0.776. The summed E-state index contributed by atoms with van der Waals surface area (Å²) in [7, 11) is 0. The average Bonchev–Trinajstić information content (AvgIpc) is 2.85. The van der Waals surface area contributed by atoms with Crippen molar-refractivity contribution >= 4 is 38.2 Å². The Bertz CT molecular complexity index is 703. The highest BCUT2D eigenvalue weighted by Crippen LogP contribution is 2.30. The Morgan fingerprint density at radius 1 is 1.21 bits per heavy atom. The fourth-order valence-electron chi connectivity index (χ4n) is 2.23. The number of pyridine rings is 1. The molecule has 3 aromatic rings. The van der Waals surface area contributed by atoms with Crippen molar-refractivity contribution in [3.05, 3.63) is 62.9 Å². The van der Waals surface area contributed by atoms with Gasteiger partial charge in [-0.15, -0.1) is 11.3 Å². The molecule has 2 nitrogen and oxygen atoms in total. The van der Waals surface area contributed by atoms with Crippen molar-refractivity contribution in [1.29, 1.82) is 0 Å². The number of hydrogen-bond donors (Lipinski definition) is 1. The number of nitrogens with two attached hydrogens (primary N) is 1. The van der Waals surface area contributed by atoms with Crippen LogP contribution in [0.4, 0.5) is 0 Å². The number of thiophene rings is 1. The van der Waals surface area contributed by atoms with Crippen LogP contribution in [0.3, 0.4) is 0 Å². The van der Waals surface area contributed by atoms with Crippen LogP contribution in [0, 0.1) is 0 Å². The van der Waals surface area contributed by atoms with Gasteiger partial charge in [-0.3, -0.25) is 4.98 Å². The molecule has 1 atom stereocenters. The zero-order valence-corrected chi connectivity index (χ0v) is 12.6. The first-order chi connectivity index (χ1) is 9.25. The van der Waals surface area contributed by atoms with E-state index in [0.29, 0.717) is 0 Å². The van der Waals surface area contributed by atoms with Gasteiger partial charge in [0.15, 0.2) is 0 Å². The Kier molecular flexibility index (Phi) is 3.64. The smallest absolute Gasteiger partial charge is 0.0704 e. The van der Waals surface area contributed by atoms with Crippen LogP contribution >= 0.6 is 27.3 Å². The highest BCUT2D eigenvalue weighted by atomic mass is 79.9. The normalized spacial score (nSPS) is 12.7. The van der Waals surface area contributed by atoms with Gasteiger partial charge in [-0.25, -0.2) is 0 Å². The molecule has 2 aromatic heterocycles. The van der Waals surface area contributed by atoms with Crippen molar-refractivity contribution in [2.75, 3.05) is 0 Å². The summed E-state index contributed by atoms with van der Waals surface area (Å²) >= 11 is 5.24. The molecule has 96 valence electrons.